The minimum Gasteiger partial charge on any atom is -0.343 e. The number of halogens is 1. The fraction of sp³-hybridized carbons (Fsp3) is 0.143. The third-order valence-electron chi connectivity index (χ3n) is 4.06. The average Bonchev–Trinajstić information content (AvgIpc) is 3.22. The van der Waals surface area contributed by atoms with E-state index in [1.807, 2.05) is 30.5 Å². The van der Waals surface area contributed by atoms with Crippen LogP contribution in [0.25, 0.3) is 0 Å². The highest BCUT2D eigenvalue weighted by atomic mass is 35.5. The highest BCUT2D eigenvalue weighted by Crippen LogP contribution is 2.27. The van der Waals surface area contributed by atoms with E-state index in [1.165, 1.54) is 5.56 Å². The zero-order valence-electron chi connectivity index (χ0n) is 15.2. The van der Waals surface area contributed by atoms with Crippen LogP contribution in [0.1, 0.15) is 21.5 Å². The fourth-order valence-electron chi connectivity index (χ4n) is 2.51. The van der Waals surface area contributed by atoms with Crippen molar-refractivity contribution in [3.63, 3.8) is 0 Å². The van der Waals surface area contributed by atoms with Gasteiger partial charge < -0.3 is 10.6 Å². The predicted molar refractivity (Wildman–Crippen MR) is 117 cm³/mol. The Morgan fingerprint density at radius 3 is 2.71 bits per heavy atom. The maximum atomic E-state index is 12.6. The Labute approximate surface area is 177 Å². The molecule has 0 radical (unpaired) electrons. The van der Waals surface area contributed by atoms with Gasteiger partial charge in [0.05, 0.1) is 12.1 Å². The molecule has 0 fully saturated rings. The van der Waals surface area contributed by atoms with Gasteiger partial charge in [-0.3, -0.25) is 9.59 Å². The van der Waals surface area contributed by atoms with E-state index in [4.69, 9.17) is 11.6 Å². The summed E-state index contributed by atoms with van der Waals surface area (Å²) >= 11 is 9.32. The van der Waals surface area contributed by atoms with Gasteiger partial charge in [0.2, 0.25) is 5.91 Å². The van der Waals surface area contributed by atoms with Crippen LogP contribution in [0.4, 0.5) is 5.69 Å². The lowest BCUT2D eigenvalue weighted by Gasteiger charge is -2.11. The maximum absolute atomic E-state index is 12.6. The normalized spacial score (nSPS) is 10.5. The molecule has 0 saturated carbocycles. The summed E-state index contributed by atoms with van der Waals surface area (Å²) in [4.78, 5) is 25.7. The lowest BCUT2D eigenvalue weighted by Crippen LogP contribution is -2.33. The minimum absolute atomic E-state index is 0.117. The van der Waals surface area contributed by atoms with Crippen molar-refractivity contribution in [2.45, 2.75) is 17.6 Å². The number of benzene rings is 2. The molecule has 3 aromatic rings. The van der Waals surface area contributed by atoms with Crippen molar-refractivity contribution < 1.29 is 9.59 Å². The lowest BCUT2D eigenvalue weighted by atomic mass is 10.2. The van der Waals surface area contributed by atoms with Crippen molar-refractivity contribution in [3.05, 3.63) is 81.0 Å². The van der Waals surface area contributed by atoms with Crippen LogP contribution in [-0.2, 0) is 10.5 Å². The molecule has 7 heteroatoms. The highest BCUT2D eigenvalue weighted by molar-refractivity contribution is 7.98. The molecule has 0 atom stereocenters. The van der Waals surface area contributed by atoms with Gasteiger partial charge in [0.15, 0.2) is 0 Å². The van der Waals surface area contributed by atoms with Gasteiger partial charge in [0.25, 0.3) is 5.91 Å². The van der Waals surface area contributed by atoms with Crippen molar-refractivity contribution in [1.29, 1.82) is 0 Å². The van der Waals surface area contributed by atoms with E-state index in [-0.39, 0.29) is 18.4 Å². The van der Waals surface area contributed by atoms with Crippen LogP contribution in [0, 0.1) is 6.92 Å². The molecule has 0 aliphatic carbocycles. The molecule has 3 rings (SSSR count). The number of nitrogens with one attached hydrogen (secondary N) is 2. The van der Waals surface area contributed by atoms with Crippen LogP contribution in [-0.4, -0.2) is 18.4 Å². The summed E-state index contributed by atoms with van der Waals surface area (Å²) in [5.41, 5.74) is 3.22. The Morgan fingerprint density at radius 2 is 1.93 bits per heavy atom. The molecule has 28 heavy (non-hydrogen) atoms. The first-order valence-corrected chi connectivity index (χ1v) is 10.9. The summed E-state index contributed by atoms with van der Waals surface area (Å²) in [6.07, 6.45) is 0. The van der Waals surface area contributed by atoms with Crippen LogP contribution in [0.5, 0.6) is 0 Å². The summed E-state index contributed by atoms with van der Waals surface area (Å²) in [7, 11) is 0. The molecule has 2 amide bonds. The number of rotatable bonds is 7. The van der Waals surface area contributed by atoms with Crippen molar-refractivity contribution in [2.75, 3.05) is 11.9 Å². The topological polar surface area (TPSA) is 58.2 Å². The largest absolute Gasteiger partial charge is 0.343 e. The highest BCUT2D eigenvalue weighted by Gasteiger charge is 2.13. The summed E-state index contributed by atoms with van der Waals surface area (Å²) in [5.74, 6) is 0.219. The van der Waals surface area contributed by atoms with Crippen molar-refractivity contribution in [3.8, 4) is 0 Å². The van der Waals surface area contributed by atoms with E-state index in [0.717, 1.165) is 16.2 Å². The Morgan fingerprint density at radius 1 is 1.11 bits per heavy atom. The van der Waals surface area contributed by atoms with E-state index < -0.39 is 0 Å². The SMILES string of the molecule is Cc1c(Cl)cccc1NC(=O)CNC(=O)c1ccccc1SCc1ccsc1. The predicted octanol–water partition coefficient (Wildman–Crippen LogP) is 5.37. The quantitative estimate of drug-likeness (QED) is 0.495. The first kappa shape index (κ1) is 20.5. The number of thiophene rings is 1. The summed E-state index contributed by atoms with van der Waals surface area (Å²) in [5, 5.41) is 10.2. The van der Waals surface area contributed by atoms with Crippen LogP contribution in [0.2, 0.25) is 5.02 Å². The lowest BCUT2D eigenvalue weighted by molar-refractivity contribution is -0.115. The monoisotopic (exact) mass is 430 g/mol. The summed E-state index contributed by atoms with van der Waals surface area (Å²) in [6, 6.07) is 14.8. The molecular weight excluding hydrogens is 412 g/mol. The molecule has 0 aliphatic rings. The molecule has 4 nitrogen and oxygen atoms in total. The van der Waals surface area contributed by atoms with Crippen LogP contribution in [0.15, 0.2) is 64.2 Å². The van der Waals surface area contributed by atoms with Crippen molar-refractivity contribution in [1.82, 2.24) is 5.32 Å². The molecule has 0 saturated heterocycles. The maximum Gasteiger partial charge on any atom is 0.252 e. The average molecular weight is 431 g/mol. The summed E-state index contributed by atoms with van der Waals surface area (Å²) < 4.78 is 0. The Bertz CT molecular complexity index is 974. The number of carbonyl (C=O) groups excluding carboxylic acids is 2. The smallest absolute Gasteiger partial charge is 0.252 e. The van der Waals surface area contributed by atoms with E-state index >= 15 is 0 Å². The zero-order valence-corrected chi connectivity index (χ0v) is 17.6. The molecule has 2 aromatic carbocycles. The van der Waals surface area contributed by atoms with Gasteiger partial charge in [-0.2, -0.15) is 11.3 Å². The first-order valence-electron chi connectivity index (χ1n) is 8.60. The Kier molecular flexibility index (Phi) is 7.14. The molecule has 0 aliphatic heterocycles. The van der Waals surface area contributed by atoms with Gasteiger partial charge in [-0.25, -0.2) is 0 Å². The van der Waals surface area contributed by atoms with Gasteiger partial charge in [-0.05, 0) is 59.1 Å². The number of thioether (sulfide) groups is 1. The number of hydrogen-bond donors (Lipinski definition) is 2. The molecule has 144 valence electrons. The van der Waals surface area contributed by atoms with Gasteiger partial charge >= 0.3 is 0 Å². The molecule has 0 spiro atoms. The Balaban J connectivity index is 1.58. The number of anilines is 1. The minimum atomic E-state index is -0.304. The molecule has 0 unspecified atom stereocenters. The van der Waals surface area contributed by atoms with E-state index in [2.05, 4.69) is 22.1 Å². The van der Waals surface area contributed by atoms with E-state index in [0.29, 0.717) is 16.3 Å². The van der Waals surface area contributed by atoms with Gasteiger partial charge in [0.1, 0.15) is 0 Å². The molecule has 2 N–H and O–H groups in total. The molecule has 0 bridgehead atoms. The van der Waals surface area contributed by atoms with Gasteiger partial charge in [0, 0.05) is 21.4 Å². The van der Waals surface area contributed by atoms with Crippen LogP contribution >= 0.6 is 34.7 Å². The van der Waals surface area contributed by atoms with E-state index in [1.54, 1.807) is 47.4 Å². The molecular formula is C21H19ClN2O2S2. The Hall–Kier alpha value is -2.28. The van der Waals surface area contributed by atoms with E-state index in [9.17, 15) is 9.59 Å². The van der Waals surface area contributed by atoms with Gasteiger partial charge in [-0.15, -0.1) is 11.8 Å². The third kappa shape index (κ3) is 5.38. The van der Waals surface area contributed by atoms with Crippen molar-refractivity contribution in [2.24, 2.45) is 0 Å². The standard InChI is InChI=1S/C21H19ClN2O2S2/c1-14-17(22)6-4-7-18(14)24-20(25)11-23-21(26)16-5-2-3-8-19(16)28-13-15-9-10-27-12-15/h2-10,12H,11,13H2,1H3,(H,23,26)(H,24,25). The van der Waals surface area contributed by atoms with Crippen LogP contribution in [0.3, 0.4) is 0 Å². The number of hydrogen-bond acceptors (Lipinski definition) is 4. The molecule has 1 heterocycles. The fourth-order valence-corrected chi connectivity index (χ4v) is 4.45. The summed E-state index contributed by atoms with van der Waals surface area (Å²) in [6.45, 7) is 1.71. The first-order chi connectivity index (χ1) is 13.5. The molecule has 1 aromatic heterocycles. The second kappa shape index (κ2) is 9.78. The van der Waals surface area contributed by atoms with Crippen LogP contribution < -0.4 is 10.6 Å². The zero-order chi connectivity index (χ0) is 19.9. The van der Waals surface area contributed by atoms with Gasteiger partial charge in [-0.1, -0.05) is 29.8 Å². The second-order valence-corrected chi connectivity index (χ2v) is 8.26. The number of amides is 2. The number of carbonyl (C=O) groups is 2. The van der Waals surface area contributed by atoms with Crippen molar-refractivity contribution >= 4 is 52.2 Å². The third-order valence-corrected chi connectivity index (χ3v) is 6.34. The second-order valence-electron chi connectivity index (χ2n) is 6.06.